The largest absolute Gasteiger partial charge is 0.380 e. The van der Waals surface area contributed by atoms with Crippen molar-refractivity contribution >= 4 is 5.91 Å². The standard InChI is InChI=1S/C27H49FN6O2/c1-18(35)34-12-10-19-5-4-6-23(26(19)34)30-22-9-11-29-27(25(22)28)31-21-8-7-20(17-24(21)36-3)33-15-13-32(2)14-16-33/h19-27,29-31H,4-17H2,1-3H3. The number of likely N-dealkylation sites (N-methyl/N-ethyl adjacent to an activating group) is 1. The molecule has 9 unspecified atom stereocenters. The Balaban J connectivity index is 1.16. The maximum absolute atomic E-state index is 15.9. The topological polar surface area (TPSA) is 72.1 Å². The summed E-state index contributed by atoms with van der Waals surface area (Å²) in [7, 11) is 4.00. The molecule has 5 fully saturated rings. The van der Waals surface area contributed by atoms with Crippen LogP contribution in [0, 0.1) is 5.92 Å². The summed E-state index contributed by atoms with van der Waals surface area (Å²) in [4.78, 5) is 19.3. The smallest absolute Gasteiger partial charge is 0.219 e. The molecule has 36 heavy (non-hydrogen) atoms. The molecule has 0 aromatic carbocycles. The molecular formula is C27H49FN6O2. The zero-order valence-corrected chi connectivity index (χ0v) is 22.6. The van der Waals surface area contributed by atoms with E-state index in [1.165, 1.54) is 12.8 Å². The summed E-state index contributed by atoms with van der Waals surface area (Å²) in [5.74, 6) is 0.724. The van der Waals surface area contributed by atoms with Crippen LogP contribution in [0.5, 0.6) is 0 Å². The predicted molar refractivity (Wildman–Crippen MR) is 140 cm³/mol. The molecule has 2 saturated carbocycles. The summed E-state index contributed by atoms with van der Waals surface area (Å²) in [5, 5.41) is 10.8. The zero-order valence-electron chi connectivity index (χ0n) is 22.6. The molecule has 3 saturated heterocycles. The van der Waals surface area contributed by atoms with E-state index in [1.807, 2.05) is 4.90 Å². The molecule has 3 aliphatic heterocycles. The molecule has 8 nitrogen and oxygen atoms in total. The summed E-state index contributed by atoms with van der Waals surface area (Å²) < 4.78 is 21.9. The van der Waals surface area contributed by atoms with E-state index in [1.54, 1.807) is 14.0 Å². The highest BCUT2D eigenvalue weighted by Crippen LogP contribution is 2.37. The molecule has 1 amide bonds. The van der Waals surface area contributed by atoms with Crippen LogP contribution in [-0.2, 0) is 9.53 Å². The Morgan fingerprint density at radius 3 is 2.50 bits per heavy atom. The van der Waals surface area contributed by atoms with E-state index in [2.05, 4.69) is 32.8 Å². The van der Waals surface area contributed by atoms with Gasteiger partial charge in [0.15, 0.2) is 0 Å². The summed E-state index contributed by atoms with van der Waals surface area (Å²) in [5.41, 5.74) is 0. The third-order valence-corrected chi connectivity index (χ3v) is 9.96. The van der Waals surface area contributed by atoms with Gasteiger partial charge in [0.1, 0.15) is 6.17 Å². The van der Waals surface area contributed by atoms with E-state index in [9.17, 15) is 4.79 Å². The van der Waals surface area contributed by atoms with Crippen molar-refractivity contribution in [2.24, 2.45) is 5.92 Å². The van der Waals surface area contributed by atoms with Crippen molar-refractivity contribution in [1.82, 2.24) is 30.7 Å². The van der Waals surface area contributed by atoms with Crippen LogP contribution >= 0.6 is 0 Å². The fourth-order valence-electron chi connectivity index (χ4n) is 7.87. The van der Waals surface area contributed by atoms with Crippen LogP contribution < -0.4 is 16.0 Å². The van der Waals surface area contributed by atoms with Gasteiger partial charge in [-0.3, -0.25) is 20.3 Å². The van der Waals surface area contributed by atoms with Crippen LogP contribution in [0.3, 0.4) is 0 Å². The van der Waals surface area contributed by atoms with Crippen LogP contribution in [-0.4, -0.2) is 123 Å². The number of methoxy groups -OCH3 is 1. The lowest BCUT2D eigenvalue weighted by Crippen LogP contribution is -2.67. The average Bonchev–Trinajstić information content (AvgIpc) is 3.33. The van der Waals surface area contributed by atoms with Crippen molar-refractivity contribution in [3.8, 4) is 0 Å². The molecule has 3 N–H and O–H groups in total. The maximum Gasteiger partial charge on any atom is 0.219 e. The molecule has 0 bridgehead atoms. The molecule has 0 radical (unpaired) electrons. The van der Waals surface area contributed by atoms with Crippen molar-refractivity contribution in [1.29, 1.82) is 0 Å². The number of hydrogen-bond donors (Lipinski definition) is 3. The second-order valence-electron chi connectivity index (χ2n) is 12.1. The second kappa shape index (κ2) is 11.9. The molecule has 3 heterocycles. The number of fused-ring (bicyclic) bond motifs is 1. The van der Waals surface area contributed by atoms with Gasteiger partial charge in [-0.05, 0) is 64.5 Å². The average molecular weight is 509 g/mol. The number of halogens is 1. The number of piperazine rings is 1. The summed E-state index contributed by atoms with van der Waals surface area (Å²) in [6, 6.07) is 0.960. The Hall–Kier alpha value is -0.840. The molecule has 9 atom stereocenters. The van der Waals surface area contributed by atoms with Crippen molar-refractivity contribution in [3.05, 3.63) is 0 Å². The molecule has 0 aromatic heterocycles. The minimum atomic E-state index is -1.01. The Kier molecular flexibility index (Phi) is 8.85. The minimum absolute atomic E-state index is 0.104. The number of carbonyl (C=O) groups is 1. The highest BCUT2D eigenvalue weighted by Gasteiger charge is 2.45. The van der Waals surface area contributed by atoms with E-state index in [0.717, 1.165) is 77.8 Å². The van der Waals surface area contributed by atoms with Crippen molar-refractivity contribution in [3.63, 3.8) is 0 Å². The number of ether oxygens (including phenoxy) is 1. The third kappa shape index (κ3) is 5.76. The predicted octanol–water partition coefficient (Wildman–Crippen LogP) is 1.16. The first-order chi connectivity index (χ1) is 17.4. The fourth-order valence-corrected chi connectivity index (χ4v) is 7.87. The molecular weight excluding hydrogens is 459 g/mol. The van der Waals surface area contributed by atoms with Gasteiger partial charge in [-0.15, -0.1) is 0 Å². The van der Waals surface area contributed by atoms with E-state index in [0.29, 0.717) is 12.0 Å². The molecule has 9 heteroatoms. The first-order valence-corrected chi connectivity index (χ1v) is 14.6. The Bertz CT molecular complexity index is 737. The molecule has 5 aliphatic rings. The molecule has 0 aromatic rings. The van der Waals surface area contributed by atoms with Crippen molar-refractivity contribution < 1.29 is 13.9 Å². The van der Waals surface area contributed by atoms with E-state index in [-0.39, 0.29) is 42.3 Å². The summed E-state index contributed by atoms with van der Waals surface area (Å²) >= 11 is 0. The van der Waals surface area contributed by atoms with Crippen LogP contribution in [0.2, 0.25) is 0 Å². The van der Waals surface area contributed by atoms with Gasteiger partial charge in [0, 0.05) is 77.0 Å². The highest BCUT2D eigenvalue weighted by molar-refractivity contribution is 5.74. The van der Waals surface area contributed by atoms with Crippen LogP contribution in [0.1, 0.15) is 58.3 Å². The number of rotatable bonds is 6. The summed E-state index contributed by atoms with van der Waals surface area (Å²) in [6.45, 7) is 7.85. The fraction of sp³-hybridized carbons (Fsp3) is 0.963. The van der Waals surface area contributed by atoms with E-state index < -0.39 is 6.17 Å². The summed E-state index contributed by atoms with van der Waals surface area (Å²) in [6.07, 6.45) is 7.13. The second-order valence-corrected chi connectivity index (χ2v) is 12.1. The van der Waals surface area contributed by atoms with E-state index in [4.69, 9.17) is 4.74 Å². The number of likely N-dealkylation sites (tertiary alicyclic amines) is 1. The normalized spacial score (nSPS) is 42.9. The van der Waals surface area contributed by atoms with Gasteiger partial charge in [0.05, 0.1) is 12.3 Å². The highest BCUT2D eigenvalue weighted by atomic mass is 19.1. The monoisotopic (exact) mass is 508 g/mol. The van der Waals surface area contributed by atoms with Gasteiger partial charge >= 0.3 is 0 Å². The van der Waals surface area contributed by atoms with Gasteiger partial charge < -0.3 is 19.9 Å². The number of amides is 1. The first-order valence-electron chi connectivity index (χ1n) is 14.6. The number of hydrogen-bond acceptors (Lipinski definition) is 7. The van der Waals surface area contributed by atoms with Gasteiger partial charge in [0.2, 0.25) is 5.91 Å². The maximum atomic E-state index is 15.9. The van der Waals surface area contributed by atoms with Crippen LogP contribution in [0.4, 0.5) is 4.39 Å². The molecule has 5 rings (SSSR count). The van der Waals surface area contributed by atoms with E-state index >= 15 is 4.39 Å². The van der Waals surface area contributed by atoms with Gasteiger partial charge in [-0.2, -0.15) is 0 Å². The minimum Gasteiger partial charge on any atom is -0.380 e. The lowest BCUT2D eigenvalue weighted by Gasteiger charge is -2.46. The number of nitrogens with zero attached hydrogens (tertiary/aromatic N) is 3. The third-order valence-electron chi connectivity index (χ3n) is 9.96. The van der Waals surface area contributed by atoms with Crippen molar-refractivity contribution in [2.75, 3.05) is 53.4 Å². The first kappa shape index (κ1) is 26.8. The Morgan fingerprint density at radius 2 is 1.75 bits per heavy atom. The zero-order chi connectivity index (χ0) is 25.2. The molecule has 0 spiro atoms. The number of piperidine rings is 1. The molecule has 2 aliphatic carbocycles. The number of alkyl halides is 1. The van der Waals surface area contributed by atoms with Gasteiger partial charge in [0.25, 0.3) is 0 Å². The SMILES string of the molecule is COC1CC(N2CCN(C)CC2)CCC1NC1NCCC(NC2CCCC3CCN(C(C)=O)C32)C1F. The number of carbonyl (C=O) groups excluding carboxylic acids is 1. The van der Waals surface area contributed by atoms with Crippen LogP contribution in [0.25, 0.3) is 0 Å². The quantitative estimate of drug-likeness (QED) is 0.498. The van der Waals surface area contributed by atoms with Crippen molar-refractivity contribution in [2.45, 2.75) is 107 Å². The Morgan fingerprint density at radius 1 is 0.944 bits per heavy atom. The van der Waals surface area contributed by atoms with Gasteiger partial charge in [-0.1, -0.05) is 6.42 Å². The molecule has 206 valence electrons. The lowest BCUT2D eigenvalue weighted by molar-refractivity contribution is -0.131. The van der Waals surface area contributed by atoms with Gasteiger partial charge in [-0.25, -0.2) is 4.39 Å². The number of nitrogens with one attached hydrogen (secondary N) is 3. The lowest BCUT2D eigenvalue weighted by atomic mass is 9.80. The Labute approximate surface area is 217 Å². The van der Waals surface area contributed by atoms with Crippen LogP contribution in [0.15, 0.2) is 0 Å².